The van der Waals surface area contributed by atoms with Gasteiger partial charge in [0.15, 0.2) is 0 Å². The molecule has 0 aromatic carbocycles. The van der Waals surface area contributed by atoms with E-state index < -0.39 is 0 Å². The highest BCUT2D eigenvalue weighted by Gasteiger charge is 2.26. The number of carbonyl (C=O) groups excluding carboxylic acids is 1. The Labute approximate surface area is 114 Å². The van der Waals surface area contributed by atoms with Crippen LogP contribution in [0.25, 0.3) is 0 Å². The quantitative estimate of drug-likeness (QED) is 0.768. The fraction of sp³-hybridized carbons (Fsp3) is 0.571. The molecule has 1 aliphatic heterocycles. The number of hydrogen-bond acceptors (Lipinski definition) is 5. The molecule has 0 bridgehead atoms. The first-order valence-electron chi connectivity index (χ1n) is 6.57. The lowest BCUT2D eigenvalue weighted by molar-refractivity contribution is 0.0600. The summed E-state index contributed by atoms with van der Waals surface area (Å²) >= 11 is 0. The average molecular weight is 263 g/mol. The van der Waals surface area contributed by atoms with E-state index in [-0.39, 0.29) is 5.97 Å². The molecule has 2 heterocycles. The Balaban J connectivity index is 2.18. The molecular weight excluding hydrogens is 242 g/mol. The third-order valence-corrected chi connectivity index (χ3v) is 3.41. The molecule has 0 saturated carbocycles. The van der Waals surface area contributed by atoms with Gasteiger partial charge >= 0.3 is 5.97 Å². The molecule has 1 saturated heterocycles. The van der Waals surface area contributed by atoms with Gasteiger partial charge in [0.25, 0.3) is 0 Å². The second kappa shape index (κ2) is 6.02. The predicted molar refractivity (Wildman–Crippen MR) is 74.5 cm³/mol. The summed E-state index contributed by atoms with van der Waals surface area (Å²) in [6.07, 6.45) is 4.01. The summed E-state index contributed by atoms with van der Waals surface area (Å²) in [5, 5.41) is 0. The van der Waals surface area contributed by atoms with Gasteiger partial charge in [0.2, 0.25) is 0 Å². The number of methoxy groups -OCH3 is 1. The van der Waals surface area contributed by atoms with Crippen LogP contribution < -0.4 is 4.90 Å². The molecule has 0 spiro atoms. The summed E-state index contributed by atoms with van der Waals surface area (Å²) in [6, 6.07) is 3.97. The number of rotatable bonds is 4. The standard InChI is InChI=1S/C14H21N3O2/c1-16(2)10-12-5-4-8-17(12)13-9-11(6-7-15-13)14(18)19-3/h6-7,9,12H,4-5,8,10H2,1-3H3. The van der Waals surface area contributed by atoms with Crippen LogP contribution in [0.3, 0.4) is 0 Å². The minimum atomic E-state index is -0.313. The third-order valence-electron chi connectivity index (χ3n) is 3.41. The number of nitrogens with zero attached hydrogens (tertiary/aromatic N) is 3. The molecule has 5 heteroatoms. The van der Waals surface area contributed by atoms with Crippen molar-refractivity contribution in [1.29, 1.82) is 0 Å². The van der Waals surface area contributed by atoms with Gasteiger partial charge in [-0.3, -0.25) is 0 Å². The van der Waals surface area contributed by atoms with Gasteiger partial charge in [0, 0.05) is 25.3 Å². The van der Waals surface area contributed by atoms with Gasteiger partial charge in [-0.05, 0) is 39.1 Å². The fourth-order valence-electron chi connectivity index (χ4n) is 2.57. The molecule has 1 fully saturated rings. The first-order chi connectivity index (χ1) is 9.11. The maximum absolute atomic E-state index is 11.6. The fourth-order valence-corrected chi connectivity index (χ4v) is 2.57. The molecule has 0 N–H and O–H groups in total. The van der Waals surface area contributed by atoms with E-state index in [0.29, 0.717) is 11.6 Å². The lowest BCUT2D eigenvalue weighted by atomic mass is 10.2. The van der Waals surface area contributed by atoms with E-state index in [1.807, 2.05) is 6.07 Å². The lowest BCUT2D eigenvalue weighted by Crippen LogP contribution is -2.38. The summed E-state index contributed by atoms with van der Waals surface area (Å²) in [5.74, 6) is 0.555. The van der Waals surface area contributed by atoms with Gasteiger partial charge in [0.1, 0.15) is 5.82 Å². The number of ether oxygens (including phenoxy) is 1. The van der Waals surface area contributed by atoms with E-state index in [1.165, 1.54) is 20.0 Å². The normalized spacial score (nSPS) is 18.9. The van der Waals surface area contributed by atoms with Crippen LogP contribution in [0.4, 0.5) is 5.82 Å². The Morgan fingerprint density at radius 3 is 3.05 bits per heavy atom. The van der Waals surface area contributed by atoms with E-state index >= 15 is 0 Å². The van der Waals surface area contributed by atoms with E-state index in [1.54, 1.807) is 12.3 Å². The minimum absolute atomic E-state index is 0.313. The summed E-state index contributed by atoms with van der Waals surface area (Å²) in [6.45, 7) is 2.00. The molecule has 0 radical (unpaired) electrons. The SMILES string of the molecule is COC(=O)c1ccnc(N2CCCC2CN(C)C)c1. The van der Waals surface area contributed by atoms with Crippen molar-refractivity contribution in [3.63, 3.8) is 0 Å². The first-order valence-corrected chi connectivity index (χ1v) is 6.57. The second-order valence-corrected chi connectivity index (χ2v) is 5.15. The zero-order chi connectivity index (χ0) is 13.8. The lowest BCUT2D eigenvalue weighted by Gasteiger charge is -2.28. The van der Waals surface area contributed by atoms with E-state index in [2.05, 4.69) is 28.9 Å². The summed E-state index contributed by atoms with van der Waals surface area (Å²) < 4.78 is 4.75. The van der Waals surface area contributed by atoms with Crippen molar-refractivity contribution >= 4 is 11.8 Å². The Bertz CT molecular complexity index is 448. The Hall–Kier alpha value is -1.62. The summed E-state index contributed by atoms with van der Waals surface area (Å²) in [5.41, 5.74) is 0.558. The maximum Gasteiger partial charge on any atom is 0.338 e. The molecule has 2 rings (SSSR count). The zero-order valence-corrected chi connectivity index (χ0v) is 11.8. The molecule has 1 atom stereocenters. The van der Waals surface area contributed by atoms with Crippen LogP contribution >= 0.6 is 0 Å². The molecule has 19 heavy (non-hydrogen) atoms. The maximum atomic E-state index is 11.6. The topological polar surface area (TPSA) is 45.7 Å². The van der Waals surface area contributed by atoms with Crippen molar-refractivity contribution < 1.29 is 9.53 Å². The summed E-state index contributed by atoms with van der Waals surface area (Å²) in [4.78, 5) is 20.4. The average Bonchev–Trinajstić information content (AvgIpc) is 2.85. The Morgan fingerprint density at radius 2 is 2.37 bits per heavy atom. The van der Waals surface area contributed by atoms with E-state index in [9.17, 15) is 4.79 Å². The number of aromatic nitrogens is 1. The van der Waals surface area contributed by atoms with Crippen LogP contribution in [0, 0.1) is 0 Å². The number of anilines is 1. The predicted octanol–water partition coefficient (Wildman–Crippen LogP) is 1.40. The molecule has 1 aliphatic rings. The van der Waals surface area contributed by atoms with Crippen molar-refractivity contribution in [1.82, 2.24) is 9.88 Å². The van der Waals surface area contributed by atoms with Crippen LogP contribution in [0.2, 0.25) is 0 Å². The minimum Gasteiger partial charge on any atom is -0.465 e. The Morgan fingerprint density at radius 1 is 1.58 bits per heavy atom. The van der Waals surface area contributed by atoms with E-state index in [4.69, 9.17) is 4.74 Å². The van der Waals surface area contributed by atoms with Gasteiger partial charge in [0.05, 0.1) is 12.7 Å². The highest BCUT2D eigenvalue weighted by molar-refractivity contribution is 5.90. The van der Waals surface area contributed by atoms with Crippen molar-refractivity contribution in [3.05, 3.63) is 23.9 Å². The van der Waals surface area contributed by atoms with Crippen LogP contribution in [0.15, 0.2) is 18.3 Å². The third kappa shape index (κ3) is 3.23. The Kier molecular flexibility index (Phi) is 4.37. The molecule has 1 aromatic rings. The van der Waals surface area contributed by atoms with Crippen molar-refractivity contribution in [2.24, 2.45) is 0 Å². The molecule has 1 unspecified atom stereocenters. The van der Waals surface area contributed by atoms with Gasteiger partial charge in [-0.25, -0.2) is 9.78 Å². The molecule has 104 valence electrons. The van der Waals surface area contributed by atoms with Gasteiger partial charge in [-0.1, -0.05) is 0 Å². The van der Waals surface area contributed by atoms with Gasteiger partial charge in [-0.2, -0.15) is 0 Å². The highest BCUT2D eigenvalue weighted by Crippen LogP contribution is 2.24. The molecule has 0 aliphatic carbocycles. The molecule has 0 amide bonds. The van der Waals surface area contributed by atoms with Crippen molar-refractivity contribution in [3.8, 4) is 0 Å². The van der Waals surface area contributed by atoms with E-state index in [0.717, 1.165) is 18.9 Å². The number of hydrogen-bond donors (Lipinski definition) is 0. The second-order valence-electron chi connectivity index (χ2n) is 5.15. The molecular formula is C14H21N3O2. The zero-order valence-electron chi connectivity index (χ0n) is 11.8. The largest absolute Gasteiger partial charge is 0.465 e. The van der Waals surface area contributed by atoms with Crippen LogP contribution in [0.5, 0.6) is 0 Å². The highest BCUT2D eigenvalue weighted by atomic mass is 16.5. The summed E-state index contributed by atoms with van der Waals surface area (Å²) in [7, 11) is 5.55. The first kappa shape index (κ1) is 13.8. The van der Waals surface area contributed by atoms with Crippen LogP contribution in [-0.2, 0) is 4.74 Å². The monoisotopic (exact) mass is 263 g/mol. The smallest absolute Gasteiger partial charge is 0.338 e. The van der Waals surface area contributed by atoms with Crippen LogP contribution in [0.1, 0.15) is 23.2 Å². The van der Waals surface area contributed by atoms with Crippen molar-refractivity contribution in [2.45, 2.75) is 18.9 Å². The van der Waals surface area contributed by atoms with Gasteiger partial charge in [-0.15, -0.1) is 0 Å². The van der Waals surface area contributed by atoms with Crippen molar-refractivity contribution in [2.75, 3.05) is 39.2 Å². The molecule has 5 nitrogen and oxygen atoms in total. The number of carbonyl (C=O) groups is 1. The number of likely N-dealkylation sites (N-methyl/N-ethyl adjacent to an activating group) is 1. The molecule has 1 aromatic heterocycles. The number of pyridine rings is 1. The van der Waals surface area contributed by atoms with Gasteiger partial charge < -0.3 is 14.5 Å². The number of esters is 1. The van der Waals surface area contributed by atoms with Crippen LogP contribution in [-0.4, -0.2) is 56.2 Å².